The number of aromatic nitrogens is 3. The van der Waals surface area contributed by atoms with Crippen molar-refractivity contribution in [1.29, 1.82) is 0 Å². The minimum Gasteiger partial charge on any atom is -0.463 e. The van der Waals surface area contributed by atoms with Crippen molar-refractivity contribution in [2.45, 2.75) is 136 Å². The van der Waals surface area contributed by atoms with Crippen molar-refractivity contribution in [3.63, 3.8) is 0 Å². The van der Waals surface area contributed by atoms with E-state index < -0.39 is 0 Å². The maximum Gasteiger partial charge on any atom is 0.325 e. The molecule has 0 fully saturated rings. The fourth-order valence-electron chi connectivity index (χ4n) is 3.65. The van der Waals surface area contributed by atoms with Crippen LogP contribution in [0.2, 0.25) is 0 Å². The van der Waals surface area contributed by atoms with E-state index in [4.69, 9.17) is 14.2 Å². The number of nitrogens with zero attached hydrogens (tertiary/aromatic N) is 3. The Hall–Kier alpha value is -1.59. The topological polar surface area (TPSA) is 66.4 Å². The molecule has 0 atom stereocenters. The number of ether oxygens (including phenoxy) is 3. The van der Waals surface area contributed by atoms with E-state index in [0.717, 1.165) is 19.3 Å². The Morgan fingerprint density at radius 1 is 0.364 bits per heavy atom. The molecule has 0 aliphatic carbocycles. The normalized spacial score (nSPS) is 11.0. The molecule has 6 nitrogen and oxygen atoms in total. The second kappa shape index (κ2) is 22.2. The molecule has 6 heteroatoms. The lowest BCUT2D eigenvalue weighted by atomic mass is 10.1. The number of hydrogen-bond acceptors (Lipinski definition) is 6. The van der Waals surface area contributed by atoms with E-state index in [0.29, 0.717) is 37.9 Å². The van der Waals surface area contributed by atoms with Crippen molar-refractivity contribution >= 4 is 0 Å². The number of rotatable bonds is 24. The van der Waals surface area contributed by atoms with Gasteiger partial charge in [0, 0.05) is 0 Å². The molecule has 0 saturated carbocycles. The number of unbranched alkanes of at least 4 members (excludes halogenated alkanes) is 15. The van der Waals surface area contributed by atoms with Crippen LogP contribution in [-0.2, 0) is 0 Å². The largest absolute Gasteiger partial charge is 0.463 e. The lowest BCUT2D eigenvalue weighted by Crippen LogP contribution is -2.09. The molecule has 1 heterocycles. The van der Waals surface area contributed by atoms with Gasteiger partial charge >= 0.3 is 18.0 Å². The van der Waals surface area contributed by atoms with Crippen molar-refractivity contribution in [3.05, 3.63) is 0 Å². The standard InChI is InChI=1S/C27H51N3O3/c1-4-7-10-13-16-19-22-31-25-28-26(32-23-20-17-14-11-8-5-2)30-27(29-25)33-24-21-18-15-12-9-6-3/h4-24H2,1-3H3. The third-order valence-corrected chi connectivity index (χ3v) is 5.76. The van der Waals surface area contributed by atoms with Gasteiger partial charge < -0.3 is 14.2 Å². The van der Waals surface area contributed by atoms with Crippen molar-refractivity contribution < 1.29 is 14.2 Å². The summed E-state index contributed by atoms with van der Waals surface area (Å²) in [4.78, 5) is 13.1. The average Bonchev–Trinajstić information content (AvgIpc) is 2.82. The smallest absolute Gasteiger partial charge is 0.325 e. The highest BCUT2D eigenvalue weighted by Crippen LogP contribution is 2.17. The zero-order chi connectivity index (χ0) is 23.8. The Kier molecular flexibility index (Phi) is 19.8. The molecule has 0 unspecified atom stereocenters. The van der Waals surface area contributed by atoms with E-state index in [9.17, 15) is 0 Å². The molecule has 1 aromatic heterocycles. The van der Waals surface area contributed by atoms with Crippen LogP contribution in [0.15, 0.2) is 0 Å². The summed E-state index contributed by atoms with van der Waals surface area (Å²) >= 11 is 0. The van der Waals surface area contributed by atoms with Gasteiger partial charge in [-0.2, -0.15) is 0 Å². The highest BCUT2D eigenvalue weighted by Gasteiger charge is 2.10. The van der Waals surface area contributed by atoms with Gasteiger partial charge in [-0.25, -0.2) is 0 Å². The molecule has 192 valence electrons. The summed E-state index contributed by atoms with van der Waals surface area (Å²) < 4.78 is 17.4. The highest BCUT2D eigenvalue weighted by molar-refractivity contribution is 5.09. The molecule has 0 radical (unpaired) electrons. The van der Waals surface area contributed by atoms with Crippen LogP contribution in [0, 0.1) is 0 Å². The van der Waals surface area contributed by atoms with Gasteiger partial charge in [0.05, 0.1) is 19.8 Å². The monoisotopic (exact) mass is 465 g/mol. The van der Waals surface area contributed by atoms with E-state index in [-0.39, 0.29) is 0 Å². The van der Waals surface area contributed by atoms with E-state index in [1.165, 1.54) is 96.3 Å². The predicted molar refractivity (Wildman–Crippen MR) is 136 cm³/mol. The van der Waals surface area contributed by atoms with Crippen LogP contribution in [-0.4, -0.2) is 34.8 Å². The van der Waals surface area contributed by atoms with Gasteiger partial charge in [0.2, 0.25) is 0 Å². The zero-order valence-electron chi connectivity index (χ0n) is 21.9. The summed E-state index contributed by atoms with van der Waals surface area (Å²) in [7, 11) is 0. The van der Waals surface area contributed by atoms with Crippen LogP contribution in [0.25, 0.3) is 0 Å². The lowest BCUT2D eigenvalue weighted by Gasteiger charge is -2.10. The molecule has 0 spiro atoms. The Labute approximate surface area is 203 Å². The van der Waals surface area contributed by atoms with Crippen LogP contribution < -0.4 is 14.2 Å². The minimum atomic E-state index is 0.314. The molecule has 1 rings (SSSR count). The molecule has 33 heavy (non-hydrogen) atoms. The third kappa shape index (κ3) is 17.5. The molecule has 0 saturated heterocycles. The maximum atomic E-state index is 5.82. The Morgan fingerprint density at radius 2 is 0.606 bits per heavy atom. The summed E-state index contributed by atoms with van der Waals surface area (Å²) in [6.07, 6.45) is 22.0. The third-order valence-electron chi connectivity index (χ3n) is 5.76. The summed E-state index contributed by atoms with van der Waals surface area (Å²) in [5.41, 5.74) is 0. The van der Waals surface area contributed by atoms with Gasteiger partial charge in [-0.3, -0.25) is 0 Å². The van der Waals surface area contributed by atoms with Crippen LogP contribution >= 0.6 is 0 Å². The van der Waals surface area contributed by atoms with Crippen molar-refractivity contribution in [2.24, 2.45) is 0 Å². The van der Waals surface area contributed by atoms with Gasteiger partial charge in [0.1, 0.15) is 0 Å². The molecule has 0 aliphatic rings. The summed E-state index contributed by atoms with van der Waals surface area (Å²) in [6.45, 7) is 8.56. The first-order chi connectivity index (χ1) is 16.3. The van der Waals surface area contributed by atoms with Gasteiger partial charge in [-0.1, -0.05) is 117 Å². The van der Waals surface area contributed by atoms with Crippen LogP contribution in [0.4, 0.5) is 0 Å². The Morgan fingerprint density at radius 3 is 0.879 bits per heavy atom. The van der Waals surface area contributed by atoms with Crippen LogP contribution in [0.5, 0.6) is 18.0 Å². The van der Waals surface area contributed by atoms with E-state index in [2.05, 4.69) is 35.7 Å². The maximum absolute atomic E-state index is 5.82. The molecule has 1 aromatic rings. The van der Waals surface area contributed by atoms with Crippen LogP contribution in [0.1, 0.15) is 136 Å². The first-order valence-corrected chi connectivity index (χ1v) is 13.9. The van der Waals surface area contributed by atoms with Crippen molar-refractivity contribution in [1.82, 2.24) is 15.0 Å². The predicted octanol–water partition coefficient (Wildman–Crippen LogP) is 8.09. The molecular weight excluding hydrogens is 414 g/mol. The van der Waals surface area contributed by atoms with Gasteiger partial charge in [0.25, 0.3) is 0 Å². The fourth-order valence-corrected chi connectivity index (χ4v) is 3.65. The number of hydrogen-bond donors (Lipinski definition) is 0. The first kappa shape index (κ1) is 29.4. The summed E-state index contributed by atoms with van der Waals surface area (Å²) in [5, 5.41) is 0. The molecule has 0 bridgehead atoms. The highest BCUT2D eigenvalue weighted by atomic mass is 16.5. The first-order valence-electron chi connectivity index (χ1n) is 13.9. The van der Waals surface area contributed by atoms with E-state index in [1.54, 1.807) is 0 Å². The molecule has 0 N–H and O–H groups in total. The SMILES string of the molecule is CCCCCCCCOc1nc(OCCCCCCCC)nc(OCCCCCCCC)n1. The van der Waals surface area contributed by atoms with Crippen molar-refractivity contribution in [3.8, 4) is 18.0 Å². The molecule has 0 amide bonds. The van der Waals surface area contributed by atoms with Crippen LogP contribution in [0.3, 0.4) is 0 Å². The van der Waals surface area contributed by atoms with Gasteiger partial charge in [-0.15, -0.1) is 15.0 Å². The average molecular weight is 466 g/mol. The molecular formula is C27H51N3O3. The quantitative estimate of drug-likeness (QED) is 0.144. The summed E-state index contributed by atoms with van der Waals surface area (Å²) in [5.74, 6) is 0. The lowest BCUT2D eigenvalue weighted by molar-refractivity contribution is 0.227. The zero-order valence-corrected chi connectivity index (χ0v) is 21.9. The van der Waals surface area contributed by atoms with Gasteiger partial charge in [0.15, 0.2) is 0 Å². The van der Waals surface area contributed by atoms with Gasteiger partial charge in [-0.05, 0) is 19.3 Å². The van der Waals surface area contributed by atoms with E-state index in [1.807, 2.05) is 0 Å². The molecule has 0 aromatic carbocycles. The second-order valence-corrected chi connectivity index (χ2v) is 9.03. The Bertz CT molecular complexity index is 469. The van der Waals surface area contributed by atoms with E-state index >= 15 is 0 Å². The second-order valence-electron chi connectivity index (χ2n) is 9.03. The fraction of sp³-hybridized carbons (Fsp3) is 0.889. The minimum absolute atomic E-state index is 0.314. The summed E-state index contributed by atoms with van der Waals surface area (Å²) in [6, 6.07) is 0.943. The molecule has 0 aliphatic heterocycles. The Balaban J connectivity index is 2.44. The van der Waals surface area contributed by atoms with Crippen molar-refractivity contribution in [2.75, 3.05) is 19.8 Å².